The van der Waals surface area contributed by atoms with Crippen LogP contribution in [0.15, 0.2) is 0 Å². The Balaban J connectivity index is 2.99. The second-order valence-electron chi connectivity index (χ2n) is 5.68. The molecule has 0 aliphatic carbocycles. The minimum Gasteiger partial charge on any atom is -0.253 e. The van der Waals surface area contributed by atoms with Gasteiger partial charge in [0, 0.05) is 0 Å². The van der Waals surface area contributed by atoms with Crippen LogP contribution in [0.3, 0.4) is 0 Å². The molecule has 0 amide bonds. The summed E-state index contributed by atoms with van der Waals surface area (Å²) in [7, 11) is 4.13. The van der Waals surface area contributed by atoms with Crippen molar-refractivity contribution in [3.63, 3.8) is 0 Å². The monoisotopic (exact) mass is 229 g/mol. The topological polar surface area (TPSA) is 26.0 Å². The van der Waals surface area contributed by atoms with Gasteiger partial charge >= 0.3 is 0 Å². The third-order valence-electron chi connectivity index (χ3n) is 3.09. The van der Waals surface area contributed by atoms with Gasteiger partial charge in [0.2, 0.25) is 0 Å². The van der Waals surface area contributed by atoms with Crippen LogP contribution in [0.1, 0.15) is 71.1 Å². The van der Waals surface area contributed by atoms with E-state index in [1.54, 1.807) is 0 Å². The van der Waals surface area contributed by atoms with Crippen LogP contribution in [0.2, 0.25) is 0 Å². The molecule has 0 fully saturated rings. The molecule has 0 spiro atoms. The van der Waals surface area contributed by atoms with Crippen LogP contribution < -0.4 is 5.84 Å². The van der Waals surface area contributed by atoms with Gasteiger partial charge in [-0.3, -0.25) is 4.59 Å². The normalized spacial score (nSPS) is 12.0. The predicted molar refractivity (Wildman–Crippen MR) is 73.0 cm³/mol. The number of nitrogens with two attached hydrogens (primary N) is 1. The van der Waals surface area contributed by atoms with Crippen molar-refractivity contribution in [2.24, 2.45) is 5.84 Å². The zero-order chi connectivity index (χ0) is 12.3. The van der Waals surface area contributed by atoms with Crippen molar-refractivity contribution < 1.29 is 4.59 Å². The Morgan fingerprint density at radius 3 is 1.44 bits per heavy atom. The maximum atomic E-state index is 5.88. The Kier molecular flexibility index (Phi) is 10.0. The molecular formula is C14H33N2+. The fraction of sp³-hybridized carbons (Fsp3) is 1.00. The van der Waals surface area contributed by atoms with Gasteiger partial charge in [-0.15, -0.1) is 0 Å². The molecule has 0 aliphatic rings. The SMILES string of the molecule is CCCCCCCCCCCC[N+](C)(C)N. The minimum atomic E-state index is 0.622. The summed E-state index contributed by atoms with van der Waals surface area (Å²) in [6.07, 6.45) is 14.0. The smallest absolute Gasteiger partial charge is 0.0955 e. The Morgan fingerprint density at radius 2 is 1.06 bits per heavy atom. The average Bonchev–Trinajstić information content (AvgIpc) is 2.19. The van der Waals surface area contributed by atoms with Crippen molar-refractivity contribution >= 4 is 0 Å². The zero-order valence-corrected chi connectivity index (χ0v) is 11.8. The van der Waals surface area contributed by atoms with Gasteiger partial charge in [-0.2, -0.15) is 5.84 Å². The van der Waals surface area contributed by atoms with Gasteiger partial charge in [0.1, 0.15) is 0 Å². The van der Waals surface area contributed by atoms with Gasteiger partial charge in [0.15, 0.2) is 0 Å². The summed E-state index contributed by atoms with van der Waals surface area (Å²) in [4.78, 5) is 0. The molecule has 2 nitrogen and oxygen atoms in total. The van der Waals surface area contributed by atoms with Gasteiger partial charge in [0.05, 0.1) is 20.6 Å². The first-order valence-electron chi connectivity index (χ1n) is 7.18. The van der Waals surface area contributed by atoms with E-state index in [4.69, 9.17) is 5.84 Å². The molecule has 98 valence electrons. The highest BCUT2D eigenvalue weighted by molar-refractivity contribution is 4.47. The van der Waals surface area contributed by atoms with E-state index in [0.29, 0.717) is 4.59 Å². The summed E-state index contributed by atoms with van der Waals surface area (Å²) < 4.78 is 0.622. The van der Waals surface area contributed by atoms with Crippen molar-refractivity contribution in [3.05, 3.63) is 0 Å². The van der Waals surface area contributed by atoms with Gasteiger partial charge in [-0.05, 0) is 12.8 Å². The molecule has 16 heavy (non-hydrogen) atoms. The van der Waals surface area contributed by atoms with Gasteiger partial charge in [0.25, 0.3) is 0 Å². The third kappa shape index (κ3) is 13.9. The van der Waals surface area contributed by atoms with Gasteiger partial charge < -0.3 is 0 Å². The third-order valence-corrected chi connectivity index (χ3v) is 3.09. The van der Waals surface area contributed by atoms with Gasteiger partial charge in [-0.1, -0.05) is 58.3 Å². The summed E-state index contributed by atoms with van der Waals surface area (Å²) in [5.41, 5.74) is 0. The molecule has 0 unspecified atom stereocenters. The first-order valence-corrected chi connectivity index (χ1v) is 7.18. The fourth-order valence-corrected chi connectivity index (χ4v) is 2.01. The summed E-state index contributed by atoms with van der Waals surface area (Å²) in [5, 5.41) is 0. The summed E-state index contributed by atoms with van der Waals surface area (Å²) >= 11 is 0. The molecule has 0 saturated heterocycles. The predicted octanol–water partition coefficient (Wildman–Crippen LogP) is 3.86. The standard InChI is InChI=1S/C14H33N2/c1-4-5-6-7-8-9-10-11-12-13-14-16(2,3)15/h4-15H2,1-3H3/q+1. The highest BCUT2D eigenvalue weighted by atomic mass is 15.5. The van der Waals surface area contributed by atoms with Crippen LogP contribution in [-0.2, 0) is 0 Å². The maximum Gasteiger partial charge on any atom is 0.0955 e. The number of rotatable bonds is 11. The molecule has 0 rings (SSSR count). The molecule has 0 bridgehead atoms. The second-order valence-corrected chi connectivity index (χ2v) is 5.68. The fourth-order valence-electron chi connectivity index (χ4n) is 2.01. The van der Waals surface area contributed by atoms with E-state index in [-0.39, 0.29) is 0 Å². The Hall–Kier alpha value is -0.0800. The molecule has 0 heterocycles. The van der Waals surface area contributed by atoms with Crippen LogP contribution in [0.5, 0.6) is 0 Å². The molecule has 2 heteroatoms. The van der Waals surface area contributed by atoms with Crippen LogP contribution in [0.4, 0.5) is 0 Å². The second kappa shape index (κ2) is 10.1. The number of unbranched alkanes of at least 4 members (excludes halogenated alkanes) is 9. The van der Waals surface area contributed by atoms with Crippen LogP contribution in [0.25, 0.3) is 0 Å². The first kappa shape index (κ1) is 15.9. The number of quaternary nitrogens is 1. The molecule has 0 radical (unpaired) electrons. The molecule has 0 aliphatic heterocycles. The molecular weight excluding hydrogens is 196 g/mol. The lowest BCUT2D eigenvalue weighted by atomic mass is 10.1. The van der Waals surface area contributed by atoms with Crippen molar-refractivity contribution in [2.75, 3.05) is 20.6 Å². The van der Waals surface area contributed by atoms with Crippen LogP contribution in [-0.4, -0.2) is 25.2 Å². The van der Waals surface area contributed by atoms with E-state index >= 15 is 0 Å². The van der Waals surface area contributed by atoms with E-state index < -0.39 is 0 Å². The largest absolute Gasteiger partial charge is 0.253 e. The molecule has 0 aromatic carbocycles. The van der Waals surface area contributed by atoms with Crippen molar-refractivity contribution in [3.8, 4) is 0 Å². The molecule has 2 N–H and O–H groups in total. The minimum absolute atomic E-state index is 0.622. The summed E-state index contributed by atoms with van der Waals surface area (Å²) in [6, 6.07) is 0. The van der Waals surface area contributed by atoms with E-state index in [0.717, 1.165) is 6.54 Å². The van der Waals surface area contributed by atoms with E-state index in [2.05, 4.69) is 21.0 Å². The quantitative estimate of drug-likeness (QED) is 0.248. The van der Waals surface area contributed by atoms with Gasteiger partial charge in [-0.25, -0.2) is 0 Å². The Labute approximate surface area is 103 Å². The van der Waals surface area contributed by atoms with Crippen molar-refractivity contribution in [1.82, 2.24) is 0 Å². The molecule has 0 aromatic heterocycles. The number of hydrogen-bond donors (Lipinski definition) is 1. The highest BCUT2D eigenvalue weighted by Crippen LogP contribution is 2.10. The lowest BCUT2D eigenvalue weighted by Gasteiger charge is -2.21. The summed E-state index contributed by atoms with van der Waals surface area (Å²) in [6.45, 7) is 3.38. The number of hydrogen-bond acceptors (Lipinski definition) is 1. The number of nitrogens with zero attached hydrogens (tertiary/aromatic N) is 1. The van der Waals surface area contributed by atoms with Crippen LogP contribution >= 0.6 is 0 Å². The lowest BCUT2D eigenvalue weighted by molar-refractivity contribution is -0.902. The van der Waals surface area contributed by atoms with E-state index in [9.17, 15) is 0 Å². The lowest BCUT2D eigenvalue weighted by Crippen LogP contribution is -2.47. The molecule has 0 aromatic rings. The Morgan fingerprint density at radius 1 is 0.688 bits per heavy atom. The van der Waals surface area contributed by atoms with Crippen LogP contribution in [0, 0.1) is 0 Å². The highest BCUT2D eigenvalue weighted by Gasteiger charge is 2.06. The van der Waals surface area contributed by atoms with E-state index in [1.807, 2.05) is 0 Å². The Bertz CT molecular complexity index is 138. The molecule has 0 atom stereocenters. The average molecular weight is 229 g/mol. The van der Waals surface area contributed by atoms with Crippen molar-refractivity contribution in [1.29, 1.82) is 0 Å². The summed E-state index contributed by atoms with van der Waals surface area (Å²) in [5.74, 6) is 5.88. The maximum absolute atomic E-state index is 5.88. The first-order chi connectivity index (χ1) is 7.56. The van der Waals surface area contributed by atoms with Crippen molar-refractivity contribution in [2.45, 2.75) is 71.1 Å². The zero-order valence-electron chi connectivity index (χ0n) is 11.8. The van der Waals surface area contributed by atoms with E-state index in [1.165, 1.54) is 64.2 Å². The molecule has 0 saturated carbocycles.